The molecule has 1 amide bonds. The molecule has 1 atom stereocenters. The lowest BCUT2D eigenvalue weighted by Gasteiger charge is -2.25. The zero-order valence-corrected chi connectivity index (χ0v) is 28.8. The van der Waals surface area contributed by atoms with Crippen molar-refractivity contribution in [2.45, 2.75) is 83.6 Å². The number of carbonyl (C=O) groups excluding carboxylic acids is 3. The number of carboxylic acid groups (broad SMARTS) is 1. The summed E-state index contributed by atoms with van der Waals surface area (Å²) in [6.45, 7) is 6.88. The van der Waals surface area contributed by atoms with Crippen molar-refractivity contribution in [3.05, 3.63) is 52.5 Å². The van der Waals surface area contributed by atoms with Gasteiger partial charge in [-0.2, -0.15) is 4.31 Å². The number of Topliss-reactive ketones (excluding diaryl/α,β-unsaturated/α-hetero) is 1. The number of ketones is 1. The molecule has 0 aliphatic rings. The number of esters is 1. The molecule has 2 N–H and O–H groups in total. The van der Waals surface area contributed by atoms with Gasteiger partial charge in [0, 0.05) is 36.4 Å². The summed E-state index contributed by atoms with van der Waals surface area (Å²) >= 11 is 12.1. The van der Waals surface area contributed by atoms with Crippen LogP contribution in [-0.4, -0.2) is 67.3 Å². The summed E-state index contributed by atoms with van der Waals surface area (Å²) in [6.07, 6.45) is 1.43. The Hall–Kier alpha value is -3.19. The fraction of sp³-hybridized carbons (Fsp3) is 0.500. The van der Waals surface area contributed by atoms with Crippen LogP contribution in [0.2, 0.25) is 10.0 Å². The van der Waals surface area contributed by atoms with Crippen molar-refractivity contribution in [3.8, 4) is 5.75 Å². The topological polar surface area (TPSA) is 156 Å². The highest BCUT2D eigenvalue weighted by Crippen LogP contribution is 2.28. The third-order valence-corrected chi connectivity index (χ3v) is 9.22. The monoisotopic (exact) mass is 700 g/mol. The number of hydrogen-bond donors (Lipinski definition) is 2. The number of hydrogen-bond acceptors (Lipinski definition) is 8. The Morgan fingerprint density at radius 2 is 1.59 bits per heavy atom. The molecule has 0 saturated heterocycles. The molecule has 0 radical (unpaired) electrons. The fourth-order valence-electron chi connectivity index (χ4n) is 4.13. The number of halogens is 2. The molecule has 14 heteroatoms. The minimum Gasteiger partial charge on any atom is -0.481 e. The Bertz CT molecular complexity index is 1460. The predicted octanol–water partition coefficient (Wildman–Crippen LogP) is 6.36. The lowest BCUT2D eigenvalue weighted by Crippen LogP contribution is -2.45. The van der Waals surface area contributed by atoms with Gasteiger partial charge in [0.05, 0.1) is 15.6 Å². The first kappa shape index (κ1) is 39.0. The molecule has 0 fully saturated rings. The van der Waals surface area contributed by atoms with Crippen LogP contribution in [0.5, 0.6) is 5.75 Å². The molecule has 0 saturated carbocycles. The van der Waals surface area contributed by atoms with Gasteiger partial charge in [-0.05, 0) is 61.7 Å². The molecule has 11 nitrogen and oxygen atoms in total. The predicted molar refractivity (Wildman–Crippen MR) is 176 cm³/mol. The zero-order chi connectivity index (χ0) is 34.5. The van der Waals surface area contributed by atoms with Crippen molar-refractivity contribution in [1.29, 1.82) is 0 Å². The number of aliphatic carboxylic acids is 1. The number of sulfonamides is 1. The lowest BCUT2D eigenvalue weighted by molar-refractivity contribution is -0.144. The van der Waals surface area contributed by atoms with E-state index in [9.17, 15) is 27.6 Å². The largest absolute Gasteiger partial charge is 0.481 e. The highest BCUT2D eigenvalue weighted by Gasteiger charge is 2.37. The van der Waals surface area contributed by atoms with E-state index in [2.05, 4.69) is 5.32 Å². The number of ether oxygens (including phenoxy) is 2. The average Bonchev–Trinajstić information content (AvgIpc) is 2.98. The molecular weight excluding hydrogens is 659 g/mol. The van der Waals surface area contributed by atoms with E-state index in [1.807, 2.05) is 6.92 Å². The maximum absolute atomic E-state index is 13.5. The highest BCUT2D eigenvalue weighted by atomic mass is 35.5. The first-order valence-corrected chi connectivity index (χ1v) is 17.2. The van der Waals surface area contributed by atoms with Crippen molar-refractivity contribution in [3.63, 3.8) is 0 Å². The van der Waals surface area contributed by atoms with Crippen LogP contribution in [0.3, 0.4) is 0 Å². The summed E-state index contributed by atoms with van der Waals surface area (Å²) in [4.78, 5) is 49.1. The SMILES string of the molecule is CCCCN(CCOC(=O)CCCCCC(=O)O)S(=O)(=O)c1ccc(OC(C(=O)Nc2ccc(Cl)cc2Cl)C(=O)C(C)(C)C)cc1. The number of benzene rings is 2. The van der Waals surface area contributed by atoms with Gasteiger partial charge in [0.15, 0.2) is 5.78 Å². The van der Waals surface area contributed by atoms with E-state index in [0.29, 0.717) is 30.7 Å². The minimum absolute atomic E-state index is 0.0387. The smallest absolute Gasteiger partial charge is 0.305 e. The second kappa shape index (κ2) is 18.2. The maximum atomic E-state index is 13.5. The molecule has 2 aromatic carbocycles. The van der Waals surface area contributed by atoms with E-state index in [1.54, 1.807) is 20.8 Å². The van der Waals surface area contributed by atoms with Crippen LogP contribution in [0.4, 0.5) is 5.69 Å². The van der Waals surface area contributed by atoms with Gasteiger partial charge < -0.3 is 19.9 Å². The minimum atomic E-state index is -3.99. The van der Waals surface area contributed by atoms with Crippen molar-refractivity contribution < 1.29 is 42.2 Å². The number of anilines is 1. The van der Waals surface area contributed by atoms with Crippen LogP contribution < -0.4 is 10.1 Å². The molecule has 2 rings (SSSR count). The Labute approximate surface area is 280 Å². The molecule has 2 aromatic rings. The van der Waals surface area contributed by atoms with Crippen LogP contribution in [0.25, 0.3) is 0 Å². The Morgan fingerprint density at radius 1 is 0.935 bits per heavy atom. The summed E-state index contributed by atoms with van der Waals surface area (Å²) < 4.78 is 39.3. The van der Waals surface area contributed by atoms with Gasteiger partial charge in [0.2, 0.25) is 16.1 Å². The number of unbranched alkanes of at least 4 members (excludes halogenated alkanes) is 3. The summed E-state index contributed by atoms with van der Waals surface area (Å²) in [6, 6.07) is 9.84. The summed E-state index contributed by atoms with van der Waals surface area (Å²) in [7, 11) is -3.99. The van der Waals surface area contributed by atoms with Crippen LogP contribution >= 0.6 is 23.2 Å². The Balaban J connectivity index is 2.13. The zero-order valence-electron chi connectivity index (χ0n) is 26.5. The standard InChI is InChI=1S/C32H42Cl2N2O9S/c1-5-6-18-36(19-20-44-28(39)11-9-7-8-10-27(37)38)46(42,43)24-15-13-23(14-16-24)45-29(30(40)32(2,3)4)31(41)35-26-17-12-22(33)21-25(26)34/h12-17,21,29H,5-11,18-20H2,1-4H3,(H,35,41)(H,37,38). The van der Waals surface area contributed by atoms with Crippen LogP contribution in [0, 0.1) is 5.41 Å². The number of carboxylic acids is 1. The quantitative estimate of drug-likeness (QED) is 0.0966. The van der Waals surface area contributed by atoms with Gasteiger partial charge in [-0.3, -0.25) is 19.2 Å². The molecule has 0 bridgehead atoms. The van der Waals surface area contributed by atoms with Gasteiger partial charge in [-0.15, -0.1) is 0 Å². The van der Waals surface area contributed by atoms with Crippen LogP contribution in [0.1, 0.15) is 72.6 Å². The van der Waals surface area contributed by atoms with Crippen LogP contribution in [0.15, 0.2) is 47.4 Å². The van der Waals surface area contributed by atoms with E-state index < -0.39 is 45.2 Å². The number of nitrogens with one attached hydrogen (secondary N) is 1. The van der Waals surface area contributed by atoms with Crippen LogP contribution in [-0.2, 0) is 33.9 Å². The van der Waals surface area contributed by atoms with E-state index in [1.165, 1.54) is 46.8 Å². The number of carbonyl (C=O) groups is 4. The molecule has 0 aliphatic heterocycles. The van der Waals surface area contributed by atoms with Gasteiger partial charge in [0.25, 0.3) is 5.91 Å². The third kappa shape index (κ3) is 12.5. The lowest BCUT2D eigenvalue weighted by atomic mass is 9.87. The van der Waals surface area contributed by atoms with E-state index >= 15 is 0 Å². The molecule has 254 valence electrons. The Kier molecular flexibility index (Phi) is 15.4. The summed E-state index contributed by atoms with van der Waals surface area (Å²) in [5.74, 6) is -2.54. The van der Waals surface area contributed by atoms with Gasteiger partial charge in [0.1, 0.15) is 12.4 Å². The first-order valence-electron chi connectivity index (χ1n) is 15.0. The molecule has 46 heavy (non-hydrogen) atoms. The summed E-state index contributed by atoms with van der Waals surface area (Å²) in [5.41, 5.74) is -0.708. The molecule has 0 aromatic heterocycles. The van der Waals surface area contributed by atoms with Gasteiger partial charge in [-0.1, -0.05) is 63.7 Å². The fourth-order valence-corrected chi connectivity index (χ4v) is 6.04. The number of nitrogens with zero attached hydrogens (tertiary/aromatic N) is 1. The van der Waals surface area contributed by atoms with Gasteiger partial charge in [-0.25, -0.2) is 8.42 Å². The summed E-state index contributed by atoms with van der Waals surface area (Å²) in [5, 5.41) is 11.8. The van der Waals surface area contributed by atoms with Crippen molar-refractivity contribution >= 4 is 62.5 Å². The van der Waals surface area contributed by atoms with E-state index in [4.69, 9.17) is 37.8 Å². The highest BCUT2D eigenvalue weighted by molar-refractivity contribution is 7.89. The average molecular weight is 702 g/mol. The molecular formula is C32H42Cl2N2O9S. The van der Waals surface area contributed by atoms with Crippen molar-refractivity contribution in [1.82, 2.24) is 4.31 Å². The molecule has 1 unspecified atom stereocenters. The van der Waals surface area contributed by atoms with Crippen molar-refractivity contribution in [2.75, 3.05) is 25.0 Å². The molecule has 0 heterocycles. The third-order valence-electron chi connectivity index (χ3n) is 6.76. The second-order valence-corrected chi connectivity index (χ2v) is 14.4. The second-order valence-electron chi connectivity index (χ2n) is 11.6. The number of amides is 1. The van der Waals surface area contributed by atoms with E-state index in [-0.39, 0.29) is 53.9 Å². The molecule has 0 aliphatic carbocycles. The number of rotatable bonds is 19. The Morgan fingerprint density at radius 3 is 2.17 bits per heavy atom. The maximum Gasteiger partial charge on any atom is 0.305 e. The van der Waals surface area contributed by atoms with Crippen molar-refractivity contribution in [2.24, 2.45) is 5.41 Å². The van der Waals surface area contributed by atoms with E-state index in [0.717, 1.165) is 6.42 Å². The molecule has 0 spiro atoms. The van der Waals surface area contributed by atoms with Gasteiger partial charge >= 0.3 is 11.9 Å². The first-order chi connectivity index (χ1) is 21.6. The normalized spacial score (nSPS) is 12.4.